The highest BCUT2D eigenvalue weighted by atomic mass is 32.2. The Bertz CT molecular complexity index is 955. The van der Waals surface area contributed by atoms with Gasteiger partial charge in [0.2, 0.25) is 10.0 Å². The van der Waals surface area contributed by atoms with E-state index in [2.05, 4.69) is 4.74 Å². The van der Waals surface area contributed by atoms with Gasteiger partial charge in [-0.15, -0.1) is 0 Å². The van der Waals surface area contributed by atoms with E-state index in [4.69, 9.17) is 0 Å². The van der Waals surface area contributed by atoms with E-state index in [1.54, 1.807) is 19.1 Å². The third-order valence-corrected chi connectivity index (χ3v) is 6.47. The zero-order chi connectivity index (χ0) is 19.1. The van der Waals surface area contributed by atoms with Gasteiger partial charge in [-0.3, -0.25) is 4.31 Å². The maximum atomic E-state index is 13.5. The molecule has 26 heavy (non-hydrogen) atoms. The Labute approximate surface area is 150 Å². The molecule has 0 saturated carbocycles. The quantitative estimate of drug-likeness (QED) is 0.767. The van der Waals surface area contributed by atoms with Gasteiger partial charge < -0.3 is 4.74 Å². The molecule has 0 aromatic heterocycles. The van der Waals surface area contributed by atoms with E-state index in [1.165, 1.54) is 13.2 Å². The summed E-state index contributed by atoms with van der Waals surface area (Å²) in [5.74, 6) is -2.17. The summed E-state index contributed by atoms with van der Waals surface area (Å²) in [6.45, 7) is 1.34. The van der Waals surface area contributed by atoms with Gasteiger partial charge in [0.1, 0.15) is 11.6 Å². The van der Waals surface area contributed by atoms with E-state index in [-0.39, 0.29) is 24.1 Å². The fourth-order valence-corrected chi connectivity index (χ4v) is 4.62. The van der Waals surface area contributed by atoms with Crippen molar-refractivity contribution in [2.45, 2.75) is 25.1 Å². The first kappa shape index (κ1) is 18.3. The van der Waals surface area contributed by atoms with Crippen molar-refractivity contribution in [2.75, 3.05) is 11.4 Å². The Morgan fingerprint density at radius 1 is 1.19 bits per heavy atom. The molecule has 1 heterocycles. The number of methoxy groups -OCH3 is 1. The Hall–Kier alpha value is -2.48. The Morgan fingerprint density at radius 3 is 2.46 bits per heavy atom. The molecule has 8 heteroatoms. The van der Waals surface area contributed by atoms with Crippen molar-refractivity contribution in [3.05, 3.63) is 64.7 Å². The van der Waals surface area contributed by atoms with E-state index >= 15 is 0 Å². The summed E-state index contributed by atoms with van der Waals surface area (Å²) in [6, 6.07) is 7.56. The van der Waals surface area contributed by atoms with E-state index in [1.807, 2.05) is 0 Å². The summed E-state index contributed by atoms with van der Waals surface area (Å²) in [5.41, 5.74) is 1.42. The van der Waals surface area contributed by atoms with Crippen molar-refractivity contribution in [1.29, 1.82) is 0 Å². The van der Waals surface area contributed by atoms with Gasteiger partial charge in [-0.25, -0.2) is 22.0 Å². The number of carbonyl (C=O) groups is 1. The van der Waals surface area contributed by atoms with Crippen molar-refractivity contribution in [2.24, 2.45) is 0 Å². The number of hydrogen-bond acceptors (Lipinski definition) is 4. The van der Waals surface area contributed by atoms with Gasteiger partial charge >= 0.3 is 5.97 Å². The lowest BCUT2D eigenvalue weighted by Crippen LogP contribution is -2.42. The van der Waals surface area contributed by atoms with Crippen LogP contribution in [-0.2, 0) is 27.7 Å². The highest BCUT2D eigenvalue weighted by Gasteiger charge is 2.36. The van der Waals surface area contributed by atoms with E-state index < -0.39 is 32.9 Å². The molecule has 3 rings (SSSR count). The minimum absolute atomic E-state index is 0.176. The fraction of sp³-hybridized carbons (Fsp3) is 0.278. The van der Waals surface area contributed by atoms with Crippen molar-refractivity contribution in [1.82, 2.24) is 0 Å². The summed E-state index contributed by atoms with van der Waals surface area (Å²) >= 11 is 0. The molecule has 2 aromatic carbocycles. The molecule has 138 valence electrons. The number of sulfonamides is 1. The molecule has 0 N–H and O–H groups in total. The Kier molecular flexibility index (Phi) is 4.70. The lowest BCUT2D eigenvalue weighted by Gasteiger charge is -2.34. The molecule has 0 bridgehead atoms. The zero-order valence-corrected chi connectivity index (χ0v) is 15.0. The Balaban J connectivity index is 2.11. The topological polar surface area (TPSA) is 63.7 Å². The van der Waals surface area contributed by atoms with Crippen LogP contribution >= 0.6 is 0 Å². The standard InChI is InChI=1S/C18H17F2NO4S/c1-11-5-13-3-4-14(18(22)25-2)8-17(13)21(26(11,23)24)10-12-6-15(19)9-16(20)7-12/h3-4,6-9,11H,5,10H2,1-2H3. The first-order chi connectivity index (χ1) is 12.2. The number of esters is 1. The number of ether oxygens (including phenoxy) is 1. The maximum Gasteiger partial charge on any atom is 0.337 e. The smallest absolute Gasteiger partial charge is 0.337 e. The van der Waals surface area contributed by atoms with Crippen molar-refractivity contribution in [3.8, 4) is 0 Å². The van der Waals surface area contributed by atoms with E-state index in [9.17, 15) is 22.0 Å². The summed E-state index contributed by atoms with van der Waals surface area (Å²) < 4.78 is 58.4. The number of hydrogen-bond donors (Lipinski definition) is 0. The van der Waals surface area contributed by atoms with Crippen LogP contribution in [0.15, 0.2) is 36.4 Å². The van der Waals surface area contributed by atoms with Gasteiger partial charge in [0.15, 0.2) is 0 Å². The second-order valence-corrected chi connectivity index (χ2v) is 8.45. The summed E-state index contributed by atoms with van der Waals surface area (Å²) in [6.07, 6.45) is 0.285. The number of nitrogens with zero attached hydrogens (tertiary/aromatic N) is 1. The molecule has 0 aliphatic carbocycles. The second-order valence-electron chi connectivity index (χ2n) is 6.18. The number of fused-ring (bicyclic) bond motifs is 1. The third kappa shape index (κ3) is 3.29. The van der Waals surface area contributed by atoms with Crippen LogP contribution in [0, 0.1) is 11.6 Å². The molecular formula is C18H17F2NO4S. The van der Waals surface area contributed by atoms with Crippen LogP contribution in [0.3, 0.4) is 0 Å². The zero-order valence-electron chi connectivity index (χ0n) is 14.2. The average Bonchev–Trinajstić information content (AvgIpc) is 2.57. The summed E-state index contributed by atoms with van der Waals surface area (Å²) in [4.78, 5) is 11.8. The molecule has 0 spiro atoms. The molecule has 1 aliphatic heterocycles. The maximum absolute atomic E-state index is 13.5. The van der Waals surface area contributed by atoms with Crippen molar-refractivity contribution < 1.29 is 26.7 Å². The molecule has 0 fully saturated rings. The number of anilines is 1. The minimum Gasteiger partial charge on any atom is -0.465 e. The number of benzene rings is 2. The summed E-state index contributed by atoms with van der Waals surface area (Å²) in [7, 11) is -2.52. The fourth-order valence-electron chi connectivity index (χ4n) is 3.03. The molecule has 1 atom stereocenters. The van der Waals surface area contributed by atoms with Gasteiger partial charge in [0.05, 0.1) is 30.2 Å². The summed E-state index contributed by atoms with van der Waals surface area (Å²) in [5, 5.41) is -0.697. The monoisotopic (exact) mass is 381 g/mol. The molecule has 5 nitrogen and oxygen atoms in total. The van der Waals surface area contributed by atoms with Gasteiger partial charge in [-0.2, -0.15) is 0 Å². The van der Waals surface area contributed by atoms with Crippen molar-refractivity contribution >= 4 is 21.7 Å². The van der Waals surface area contributed by atoms with Gasteiger partial charge in [-0.05, 0) is 48.7 Å². The number of carbonyl (C=O) groups excluding carboxylic acids is 1. The van der Waals surface area contributed by atoms with Crippen LogP contribution in [0.2, 0.25) is 0 Å². The van der Waals surface area contributed by atoms with Gasteiger partial charge in [0.25, 0.3) is 0 Å². The molecule has 1 unspecified atom stereocenters. The Morgan fingerprint density at radius 2 is 1.85 bits per heavy atom. The number of halogens is 2. The minimum atomic E-state index is -3.75. The molecule has 2 aromatic rings. The molecular weight excluding hydrogens is 364 g/mol. The molecule has 1 aliphatic rings. The van der Waals surface area contributed by atoms with E-state index in [0.29, 0.717) is 5.69 Å². The van der Waals surface area contributed by atoms with Crippen LogP contribution in [0.5, 0.6) is 0 Å². The lowest BCUT2D eigenvalue weighted by molar-refractivity contribution is 0.0600. The van der Waals surface area contributed by atoms with Crippen molar-refractivity contribution in [3.63, 3.8) is 0 Å². The van der Waals surface area contributed by atoms with Gasteiger partial charge in [0, 0.05) is 6.07 Å². The highest BCUT2D eigenvalue weighted by Crippen LogP contribution is 2.35. The van der Waals surface area contributed by atoms with Gasteiger partial charge in [-0.1, -0.05) is 6.07 Å². The largest absolute Gasteiger partial charge is 0.465 e. The predicted octanol–water partition coefficient (Wildman–Crippen LogP) is 3.03. The lowest BCUT2D eigenvalue weighted by atomic mass is 10.0. The third-order valence-electron chi connectivity index (χ3n) is 4.35. The SMILES string of the molecule is COC(=O)c1ccc2c(c1)N(Cc1cc(F)cc(F)c1)S(=O)(=O)C(C)C2. The van der Waals surface area contributed by atoms with E-state index in [0.717, 1.165) is 28.1 Å². The second kappa shape index (κ2) is 6.68. The van der Waals surface area contributed by atoms with Crippen LogP contribution in [-0.4, -0.2) is 26.7 Å². The average molecular weight is 381 g/mol. The normalized spacial score (nSPS) is 18.3. The predicted molar refractivity (Wildman–Crippen MR) is 92.4 cm³/mol. The first-order valence-corrected chi connectivity index (χ1v) is 9.40. The van der Waals surface area contributed by atoms with Crippen LogP contribution in [0.25, 0.3) is 0 Å². The van der Waals surface area contributed by atoms with Crippen LogP contribution < -0.4 is 4.31 Å². The highest BCUT2D eigenvalue weighted by molar-refractivity contribution is 7.93. The first-order valence-electron chi connectivity index (χ1n) is 7.90. The molecule has 0 saturated heterocycles. The molecule has 0 radical (unpaired) electrons. The van der Waals surface area contributed by atoms with Crippen LogP contribution in [0.4, 0.5) is 14.5 Å². The van der Waals surface area contributed by atoms with Crippen LogP contribution in [0.1, 0.15) is 28.4 Å². The number of rotatable bonds is 3. The molecule has 0 amide bonds.